The molecule has 3 heterocycles. The smallest absolute Gasteiger partial charge is 0.349 e. The highest BCUT2D eigenvalue weighted by Gasteiger charge is 2.21. The normalized spacial score (nSPS) is 13.1. The Morgan fingerprint density at radius 2 is 2.03 bits per heavy atom. The summed E-state index contributed by atoms with van der Waals surface area (Å²) in [5.41, 5.74) is 2.91. The van der Waals surface area contributed by atoms with E-state index in [0.717, 1.165) is 42.5 Å². The molecular weight excluding hydrogens is 388 g/mol. The van der Waals surface area contributed by atoms with Crippen LogP contribution < -0.4 is 11.0 Å². The highest BCUT2D eigenvalue weighted by molar-refractivity contribution is 7.99. The molecule has 0 unspecified atom stereocenters. The number of carbonyl (C=O) groups excluding carboxylic acids is 1. The molecule has 0 aliphatic heterocycles. The summed E-state index contributed by atoms with van der Waals surface area (Å²) in [5, 5.41) is 3.51. The molecule has 0 spiro atoms. The van der Waals surface area contributed by atoms with Crippen LogP contribution in [0, 0.1) is 0 Å². The van der Waals surface area contributed by atoms with Crippen molar-refractivity contribution in [2.45, 2.75) is 43.8 Å². The van der Waals surface area contributed by atoms with Crippen molar-refractivity contribution in [3.8, 4) is 0 Å². The molecule has 0 atom stereocenters. The summed E-state index contributed by atoms with van der Waals surface area (Å²) in [6.07, 6.45) is 8.90. The molecule has 4 rings (SSSR count). The van der Waals surface area contributed by atoms with Gasteiger partial charge in [-0.15, -0.1) is 0 Å². The largest absolute Gasteiger partial charge is 0.467 e. The van der Waals surface area contributed by atoms with Crippen molar-refractivity contribution in [1.82, 2.24) is 19.9 Å². The number of fused-ring (bicyclic) bond motifs is 1. The Hall–Kier alpha value is -2.87. The average Bonchev–Trinajstić information content (AvgIpc) is 3.27. The lowest BCUT2D eigenvalue weighted by Crippen LogP contribution is -2.31. The molecule has 0 bridgehead atoms. The van der Waals surface area contributed by atoms with Crippen LogP contribution in [-0.4, -0.2) is 26.2 Å². The number of pyridine rings is 1. The van der Waals surface area contributed by atoms with Crippen molar-refractivity contribution in [3.63, 3.8) is 0 Å². The Labute approximate surface area is 172 Å². The molecule has 3 aromatic rings. The highest BCUT2D eigenvalue weighted by atomic mass is 32.2. The van der Waals surface area contributed by atoms with E-state index in [0.29, 0.717) is 23.9 Å². The van der Waals surface area contributed by atoms with E-state index < -0.39 is 0 Å². The second-order valence-corrected chi connectivity index (χ2v) is 7.88. The standard InChI is InChI=1S/C21H22N4O3S/c26-19(23-12-16-4-3-11-28-16)14-29-20-17-5-1-2-6-18(17)25(21(27)24-20)13-15-7-9-22-10-8-15/h3-4,7-11H,1-2,5-6,12-14H2,(H,23,26). The molecule has 0 saturated carbocycles. The molecule has 1 amide bonds. The van der Waals surface area contributed by atoms with Crippen LogP contribution in [0.15, 0.2) is 57.2 Å². The first kappa shape index (κ1) is 19.4. The van der Waals surface area contributed by atoms with E-state index in [9.17, 15) is 9.59 Å². The van der Waals surface area contributed by atoms with E-state index in [1.54, 1.807) is 29.3 Å². The molecule has 0 saturated heterocycles. The second-order valence-electron chi connectivity index (χ2n) is 6.92. The first-order valence-corrected chi connectivity index (χ1v) is 10.6. The molecule has 3 aromatic heterocycles. The van der Waals surface area contributed by atoms with Crippen LogP contribution in [0.3, 0.4) is 0 Å². The number of furan rings is 1. The van der Waals surface area contributed by atoms with Crippen LogP contribution in [-0.2, 0) is 30.7 Å². The minimum Gasteiger partial charge on any atom is -0.467 e. The Kier molecular flexibility index (Phi) is 6.09. The number of hydrogen-bond donors (Lipinski definition) is 1. The van der Waals surface area contributed by atoms with Crippen molar-refractivity contribution in [2.24, 2.45) is 0 Å². The molecule has 7 nitrogen and oxygen atoms in total. The van der Waals surface area contributed by atoms with Crippen LogP contribution in [0.1, 0.15) is 35.4 Å². The quantitative estimate of drug-likeness (QED) is 0.476. The summed E-state index contributed by atoms with van der Waals surface area (Å²) >= 11 is 1.33. The lowest BCUT2D eigenvalue weighted by molar-refractivity contribution is -0.118. The fourth-order valence-electron chi connectivity index (χ4n) is 3.48. The van der Waals surface area contributed by atoms with Gasteiger partial charge in [0.1, 0.15) is 10.8 Å². The van der Waals surface area contributed by atoms with Gasteiger partial charge >= 0.3 is 5.69 Å². The van der Waals surface area contributed by atoms with Gasteiger partial charge in [-0.3, -0.25) is 14.3 Å². The van der Waals surface area contributed by atoms with Crippen LogP contribution in [0.5, 0.6) is 0 Å². The van der Waals surface area contributed by atoms with E-state index in [4.69, 9.17) is 4.42 Å². The fourth-order valence-corrected chi connectivity index (χ4v) is 4.39. The van der Waals surface area contributed by atoms with Crippen molar-refractivity contribution < 1.29 is 9.21 Å². The van der Waals surface area contributed by atoms with Gasteiger partial charge in [-0.1, -0.05) is 11.8 Å². The lowest BCUT2D eigenvalue weighted by atomic mass is 9.97. The summed E-state index contributed by atoms with van der Waals surface area (Å²) in [4.78, 5) is 33.3. The third kappa shape index (κ3) is 4.76. The maximum Gasteiger partial charge on any atom is 0.349 e. The molecular formula is C21H22N4O3S. The maximum absolute atomic E-state index is 12.8. The summed E-state index contributed by atoms with van der Waals surface area (Å²) < 4.78 is 6.99. The zero-order valence-corrected chi connectivity index (χ0v) is 16.8. The second kappa shape index (κ2) is 9.09. The SMILES string of the molecule is O=C(CSc1nc(=O)n(Cc2ccncc2)c2c1CCCC2)NCc1ccco1. The van der Waals surface area contributed by atoms with Gasteiger partial charge in [-0.05, 0) is 55.5 Å². The Morgan fingerprint density at radius 1 is 1.21 bits per heavy atom. The number of carbonyl (C=O) groups is 1. The zero-order chi connectivity index (χ0) is 20.1. The molecule has 0 aromatic carbocycles. The van der Waals surface area contributed by atoms with E-state index in [-0.39, 0.29) is 17.3 Å². The number of hydrogen-bond acceptors (Lipinski definition) is 6. The highest BCUT2D eigenvalue weighted by Crippen LogP contribution is 2.28. The number of nitrogens with zero attached hydrogens (tertiary/aromatic N) is 3. The van der Waals surface area contributed by atoms with Gasteiger partial charge < -0.3 is 9.73 Å². The van der Waals surface area contributed by atoms with Gasteiger partial charge in [-0.25, -0.2) is 4.79 Å². The number of nitrogens with one attached hydrogen (secondary N) is 1. The van der Waals surface area contributed by atoms with E-state index in [2.05, 4.69) is 15.3 Å². The first-order chi connectivity index (χ1) is 14.2. The topological polar surface area (TPSA) is 90.0 Å². The van der Waals surface area contributed by atoms with Crippen LogP contribution >= 0.6 is 11.8 Å². The van der Waals surface area contributed by atoms with E-state index >= 15 is 0 Å². The fraction of sp³-hybridized carbons (Fsp3) is 0.333. The van der Waals surface area contributed by atoms with E-state index in [1.165, 1.54) is 11.8 Å². The molecule has 1 aliphatic carbocycles. The van der Waals surface area contributed by atoms with Gasteiger partial charge in [0.15, 0.2) is 0 Å². The number of rotatable bonds is 7. The maximum atomic E-state index is 12.8. The summed E-state index contributed by atoms with van der Waals surface area (Å²) in [5.74, 6) is 0.810. The zero-order valence-electron chi connectivity index (χ0n) is 16.0. The van der Waals surface area contributed by atoms with Gasteiger partial charge in [0.05, 0.1) is 25.1 Å². The minimum atomic E-state index is -0.263. The van der Waals surface area contributed by atoms with Gasteiger partial charge in [-0.2, -0.15) is 4.98 Å². The first-order valence-electron chi connectivity index (χ1n) is 9.64. The Balaban J connectivity index is 1.49. The van der Waals surface area contributed by atoms with Gasteiger partial charge in [0.25, 0.3) is 0 Å². The van der Waals surface area contributed by atoms with E-state index in [1.807, 2.05) is 18.2 Å². The van der Waals surface area contributed by atoms with Crippen molar-refractivity contribution >= 4 is 17.7 Å². The van der Waals surface area contributed by atoms with Gasteiger partial charge in [0.2, 0.25) is 5.91 Å². The third-order valence-electron chi connectivity index (χ3n) is 4.92. The summed E-state index contributed by atoms with van der Waals surface area (Å²) in [7, 11) is 0. The van der Waals surface area contributed by atoms with Crippen LogP contribution in [0.25, 0.3) is 0 Å². The third-order valence-corrected chi connectivity index (χ3v) is 5.94. The molecule has 29 heavy (non-hydrogen) atoms. The van der Waals surface area contributed by atoms with Crippen LogP contribution in [0.2, 0.25) is 0 Å². The Morgan fingerprint density at radius 3 is 2.83 bits per heavy atom. The molecule has 8 heteroatoms. The number of thioether (sulfide) groups is 1. The number of aromatic nitrogens is 3. The predicted octanol–water partition coefficient (Wildman–Crippen LogP) is 2.57. The van der Waals surface area contributed by atoms with Crippen LogP contribution in [0.4, 0.5) is 0 Å². The molecule has 1 N–H and O–H groups in total. The predicted molar refractivity (Wildman–Crippen MR) is 110 cm³/mol. The monoisotopic (exact) mass is 410 g/mol. The van der Waals surface area contributed by atoms with Crippen molar-refractivity contribution in [1.29, 1.82) is 0 Å². The molecule has 150 valence electrons. The molecule has 1 aliphatic rings. The minimum absolute atomic E-state index is 0.112. The molecule has 0 fully saturated rings. The molecule has 0 radical (unpaired) electrons. The van der Waals surface area contributed by atoms with Gasteiger partial charge in [0, 0.05) is 23.7 Å². The average molecular weight is 410 g/mol. The summed E-state index contributed by atoms with van der Waals surface area (Å²) in [6.45, 7) is 0.844. The van der Waals surface area contributed by atoms with Crippen molar-refractivity contribution in [2.75, 3.05) is 5.75 Å². The lowest BCUT2D eigenvalue weighted by Gasteiger charge is -2.22. The Bertz CT molecular complexity index is 1030. The van der Waals surface area contributed by atoms with Crippen molar-refractivity contribution in [3.05, 3.63) is 76.0 Å². The summed E-state index contributed by atoms with van der Waals surface area (Å²) in [6, 6.07) is 7.42. The number of amides is 1.